The van der Waals surface area contributed by atoms with Crippen molar-refractivity contribution in [3.05, 3.63) is 54.0 Å². The fourth-order valence-corrected chi connectivity index (χ4v) is 6.31. The number of halogens is 2. The highest BCUT2D eigenvalue weighted by Gasteiger charge is 2.40. The Kier molecular flexibility index (Phi) is 7.39. The third kappa shape index (κ3) is 5.38. The Morgan fingerprint density at radius 1 is 1.16 bits per heavy atom. The minimum atomic E-state index is -1.41. The van der Waals surface area contributed by atoms with Gasteiger partial charge in [0, 0.05) is 62.4 Å². The second kappa shape index (κ2) is 10.4. The maximum atomic E-state index is 16.1. The summed E-state index contributed by atoms with van der Waals surface area (Å²) < 4.78 is 32.9. The van der Waals surface area contributed by atoms with E-state index in [2.05, 4.69) is 30.9 Å². The zero-order valence-electron chi connectivity index (χ0n) is 22.5. The molecular weight excluding hydrogens is 504 g/mol. The number of imidazole rings is 1. The number of alkyl halides is 2. The SMILES string of the molecule is C=C(N1CCC(n2c(SC)nc3cc(C(C)(C)F)ccc32)CC1)C1(F)CCN(Cc2cnc(N)nc2)CC1. The molecule has 7 nitrogen and oxygen atoms in total. The summed E-state index contributed by atoms with van der Waals surface area (Å²) in [5, 5.41) is 0.937. The summed E-state index contributed by atoms with van der Waals surface area (Å²) in [6, 6.07) is 5.98. The Hall–Kier alpha value is -2.72. The molecule has 0 aliphatic carbocycles. The van der Waals surface area contributed by atoms with Gasteiger partial charge in [-0.25, -0.2) is 23.7 Å². The molecule has 0 spiro atoms. The number of benzene rings is 1. The maximum absolute atomic E-state index is 16.1. The van der Waals surface area contributed by atoms with Crippen molar-refractivity contribution >= 4 is 28.7 Å². The van der Waals surface area contributed by atoms with E-state index < -0.39 is 11.3 Å². The molecule has 2 aromatic heterocycles. The molecule has 1 aromatic carbocycles. The van der Waals surface area contributed by atoms with E-state index in [1.165, 1.54) is 0 Å². The van der Waals surface area contributed by atoms with Gasteiger partial charge in [0.25, 0.3) is 0 Å². The van der Waals surface area contributed by atoms with Crippen molar-refractivity contribution in [2.75, 3.05) is 38.2 Å². The summed E-state index contributed by atoms with van der Waals surface area (Å²) in [7, 11) is 0. The quantitative estimate of drug-likeness (QED) is 0.397. The molecule has 2 saturated heterocycles. The van der Waals surface area contributed by atoms with E-state index in [-0.39, 0.29) is 12.0 Å². The van der Waals surface area contributed by atoms with Crippen LogP contribution in [0.4, 0.5) is 14.7 Å². The normalized spacial score (nSPS) is 19.2. The summed E-state index contributed by atoms with van der Waals surface area (Å²) in [6.07, 6.45) is 8.11. The Morgan fingerprint density at radius 2 is 1.82 bits per heavy atom. The lowest BCUT2D eigenvalue weighted by Gasteiger charge is -2.44. The largest absolute Gasteiger partial charge is 0.373 e. The number of hydrogen-bond acceptors (Lipinski definition) is 7. The summed E-state index contributed by atoms with van der Waals surface area (Å²) >= 11 is 1.61. The molecule has 4 heterocycles. The van der Waals surface area contributed by atoms with Crippen molar-refractivity contribution in [1.29, 1.82) is 0 Å². The van der Waals surface area contributed by atoms with Crippen molar-refractivity contribution in [2.45, 2.75) is 68.6 Å². The summed E-state index contributed by atoms with van der Waals surface area (Å²) in [6.45, 7) is 10.9. The number of likely N-dealkylation sites (tertiary alicyclic amines) is 2. The van der Waals surface area contributed by atoms with Gasteiger partial charge in [0.1, 0.15) is 5.67 Å². The molecule has 38 heavy (non-hydrogen) atoms. The third-order valence-electron chi connectivity index (χ3n) is 8.03. The van der Waals surface area contributed by atoms with Crippen LogP contribution in [-0.2, 0) is 12.2 Å². The van der Waals surface area contributed by atoms with Crippen molar-refractivity contribution in [1.82, 2.24) is 29.3 Å². The van der Waals surface area contributed by atoms with Gasteiger partial charge in [-0.05, 0) is 63.5 Å². The molecule has 2 aliphatic rings. The van der Waals surface area contributed by atoms with Gasteiger partial charge in [0.05, 0.1) is 11.0 Å². The highest BCUT2D eigenvalue weighted by atomic mass is 32.2. The Labute approximate surface area is 227 Å². The topological polar surface area (TPSA) is 76.1 Å². The molecular formula is C28H37F2N7S. The molecule has 0 radical (unpaired) electrons. The van der Waals surface area contributed by atoms with Crippen molar-refractivity contribution in [3.63, 3.8) is 0 Å². The zero-order chi connectivity index (χ0) is 27.1. The van der Waals surface area contributed by atoms with E-state index >= 15 is 4.39 Å². The number of piperidine rings is 2. The van der Waals surface area contributed by atoms with Crippen LogP contribution in [0.3, 0.4) is 0 Å². The predicted molar refractivity (Wildman–Crippen MR) is 149 cm³/mol. The first-order valence-electron chi connectivity index (χ1n) is 13.2. The highest BCUT2D eigenvalue weighted by molar-refractivity contribution is 7.98. The molecule has 10 heteroatoms. The first-order valence-corrected chi connectivity index (χ1v) is 14.5. The van der Waals surface area contributed by atoms with E-state index in [0.29, 0.717) is 43.7 Å². The van der Waals surface area contributed by atoms with E-state index in [1.807, 2.05) is 24.5 Å². The number of hydrogen-bond donors (Lipinski definition) is 1. The fourth-order valence-electron chi connectivity index (χ4n) is 5.68. The number of thioether (sulfide) groups is 1. The van der Waals surface area contributed by atoms with Gasteiger partial charge in [0.2, 0.25) is 5.95 Å². The Morgan fingerprint density at radius 3 is 2.42 bits per heavy atom. The molecule has 5 rings (SSSR count). The highest BCUT2D eigenvalue weighted by Crippen LogP contribution is 2.39. The zero-order valence-corrected chi connectivity index (χ0v) is 23.3. The van der Waals surface area contributed by atoms with Gasteiger partial charge in [0.15, 0.2) is 10.8 Å². The van der Waals surface area contributed by atoms with Crippen molar-refractivity contribution in [3.8, 4) is 0 Å². The minimum absolute atomic E-state index is 0.260. The second-order valence-corrected chi connectivity index (χ2v) is 11.8. The summed E-state index contributed by atoms with van der Waals surface area (Å²) in [5.74, 6) is 0.260. The van der Waals surface area contributed by atoms with Crippen LogP contribution in [-0.4, -0.2) is 67.4 Å². The standard InChI is InChI=1S/C28H37F2N7S/c1-19(28(30)9-13-35(14-10-28)18-20-16-32-25(31)33-17-20)36-11-7-22(8-12-36)37-24-6-5-21(27(2,3)29)15-23(24)34-26(37)38-4/h5-6,15-17,22H,1,7-14,18H2,2-4H3,(H2,31,32,33). The maximum Gasteiger partial charge on any atom is 0.219 e. The smallest absolute Gasteiger partial charge is 0.219 e. The number of rotatable bonds is 7. The molecule has 0 bridgehead atoms. The summed E-state index contributed by atoms with van der Waals surface area (Å²) in [4.78, 5) is 17.3. The Balaban J connectivity index is 1.21. The van der Waals surface area contributed by atoms with Crippen LogP contribution < -0.4 is 5.73 Å². The molecule has 2 aliphatic heterocycles. The van der Waals surface area contributed by atoms with Gasteiger partial charge < -0.3 is 15.2 Å². The molecule has 2 N–H and O–H groups in total. The lowest BCUT2D eigenvalue weighted by molar-refractivity contribution is 0.0519. The van der Waals surface area contributed by atoms with Gasteiger partial charge in [-0.3, -0.25) is 4.90 Å². The van der Waals surface area contributed by atoms with E-state index in [0.717, 1.165) is 47.7 Å². The van der Waals surface area contributed by atoms with Gasteiger partial charge in [-0.2, -0.15) is 0 Å². The molecule has 0 saturated carbocycles. The number of nitrogens with two attached hydrogens (primary N) is 1. The molecule has 204 valence electrons. The monoisotopic (exact) mass is 541 g/mol. The average molecular weight is 542 g/mol. The minimum Gasteiger partial charge on any atom is -0.373 e. The van der Waals surface area contributed by atoms with Crippen LogP contribution in [0.5, 0.6) is 0 Å². The van der Waals surface area contributed by atoms with Gasteiger partial charge in [-0.15, -0.1) is 0 Å². The molecule has 0 amide bonds. The first kappa shape index (κ1) is 26.9. The molecule has 2 fully saturated rings. The Bertz CT molecular complexity index is 1290. The lowest BCUT2D eigenvalue weighted by atomic mass is 9.88. The van der Waals surface area contributed by atoms with E-state index in [4.69, 9.17) is 10.7 Å². The van der Waals surface area contributed by atoms with Crippen LogP contribution in [0.15, 0.2) is 48.0 Å². The predicted octanol–water partition coefficient (Wildman–Crippen LogP) is 5.49. The van der Waals surface area contributed by atoms with Gasteiger partial charge >= 0.3 is 0 Å². The first-order chi connectivity index (χ1) is 18.1. The number of aromatic nitrogens is 4. The molecule has 0 unspecified atom stereocenters. The number of allylic oxidation sites excluding steroid dienone is 1. The van der Waals surface area contributed by atoms with Crippen molar-refractivity contribution < 1.29 is 8.78 Å². The van der Waals surface area contributed by atoms with Crippen LogP contribution in [0.2, 0.25) is 0 Å². The average Bonchev–Trinajstić information content (AvgIpc) is 3.28. The van der Waals surface area contributed by atoms with Crippen molar-refractivity contribution in [2.24, 2.45) is 0 Å². The molecule has 3 aromatic rings. The number of nitrogen functional groups attached to an aromatic ring is 1. The second-order valence-electron chi connectivity index (χ2n) is 11.0. The van der Waals surface area contributed by atoms with E-state index in [1.54, 1.807) is 38.0 Å². The van der Waals surface area contributed by atoms with Crippen LogP contribution in [0, 0.1) is 0 Å². The number of anilines is 1. The van der Waals surface area contributed by atoms with Crippen LogP contribution in [0.25, 0.3) is 11.0 Å². The fraction of sp³-hybridized carbons (Fsp3) is 0.536. The third-order valence-corrected chi connectivity index (χ3v) is 8.69. The number of nitrogens with zero attached hydrogens (tertiary/aromatic N) is 6. The van der Waals surface area contributed by atoms with Gasteiger partial charge in [-0.1, -0.05) is 24.4 Å². The van der Waals surface area contributed by atoms with E-state index in [9.17, 15) is 4.39 Å². The summed E-state index contributed by atoms with van der Waals surface area (Å²) in [5.41, 5.74) is 6.86. The number of fused-ring (bicyclic) bond motifs is 1. The van der Waals surface area contributed by atoms with Crippen LogP contribution in [0.1, 0.15) is 56.7 Å². The molecule has 0 atom stereocenters. The van der Waals surface area contributed by atoms with Crippen LogP contribution >= 0.6 is 11.8 Å². The lowest BCUT2D eigenvalue weighted by Crippen LogP contribution is -2.47.